The van der Waals surface area contributed by atoms with Gasteiger partial charge in [0.1, 0.15) is 5.75 Å². The van der Waals surface area contributed by atoms with Gasteiger partial charge in [-0.15, -0.1) is 24.0 Å². The van der Waals surface area contributed by atoms with Crippen molar-refractivity contribution < 1.29 is 13.5 Å². The summed E-state index contributed by atoms with van der Waals surface area (Å²) < 4.78 is 29.6. The lowest BCUT2D eigenvalue weighted by molar-refractivity contribution is -0.0504. The minimum Gasteiger partial charge on any atom is -0.434 e. The van der Waals surface area contributed by atoms with Crippen LogP contribution in [0.15, 0.2) is 53.5 Å². The first kappa shape index (κ1) is 23.9. The van der Waals surface area contributed by atoms with Crippen molar-refractivity contribution in [2.75, 3.05) is 25.5 Å². The fourth-order valence-corrected chi connectivity index (χ4v) is 2.45. The first-order chi connectivity index (χ1) is 13.0. The molecule has 0 heterocycles. The zero-order valence-corrected chi connectivity index (χ0v) is 18.6. The van der Waals surface area contributed by atoms with Crippen molar-refractivity contribution in [3.63, 3.8) is 0 Å². The number of nitrogens with zero attached hydrogens (tertiary/aromatic N) is 2. The third-order valence-corrected chi connectivity index (χ3v) is 3.85. The third kappa shape index (κ3) is 7.87. The van der Waals surface area contributed by atoms with Crippen LogP contribution in [0.5, 0.6) is 5.75 Å². The third-order valence-electron chi connectivity index (χ3n) is 3.85. The van der Waals surface area contributed by atoms with Crippen molar-refractivity contribution in [1.82, 2.24) is 10.6 Å². The van der Waals surface area contributed by atoms with Crippen LogP contribution in [-0.2, 0) is 13.1 Å². The Balaban J connectivity index is 0.00000392. The van der Waals surface area contributed by atoms with Crippen molar-refractivity contribution in [3.05, 3.63) is 59.7 Å². The molecule has 0 bridgehead atoms. The second kappa shape index (κ2) is 12.4. The number of hydrogen-bond donors (Lipinski definition) is 2. The van der Waals surface area contributed by atoms with Crippen LogP contribution >= 0.6 is 24.0 Å². The molecule has 8 heteroatoms. The van der Waals surface area contributed by atoms with E-state index in [0.717, 1.165) is 11.3 Å². The monoisotopic (exact) mass is 504 g/mol. The lowest BCUT2D eigenvalue weighted by atomic mass is 10.2. The van der Waals surface area contributed by atoms with E-state index >= 15 is 0 Å². The van der Waals surface area contributed by atoms with Gasteiger partial charge in [0, 0.05) is 38.4 Å². The van der Waals surface area contributed by atoms with Crippen molar-refractivity contribution >= 4 is 35.6 Å². The maximum Gasteiger partial charge on any atom is 0.387 e. The van der Waals surface area contributed by atoms with Gasteiger partial charge in [0.25, 0.3) is 0 Å². The van der Waals surface area contributed by atoms with Gasteiger partial charge in [-0.25, -0.2) is 4.99 Å². The Hall–Kier alpha value is -2.10. The zero-order chi connectivity index (χ0) is 19.6. The van der Waals surface area contributed by atoms with Gasteiger partial charge in [0.15, 0.2) is 5.96 Å². The largest absolute Gasteiger partial charge is 0.434 e. The van der Waals surface area contributed by atoms with E-state index < -0.39 is 6.61 Å². The number of para-hydroxylation sites is 1. The number of aliphatic imine (C=N–C) groups is 1. The molecular formula is C20H27F2IN4O. The average Bonchev–Trinajstić information content (AvgIpc) is 2.65. The van der Waals surface area contributed by atoms with E-state index in [1.807, 2.05) is 50.2 Å². The molecule has 28 heavy (non-hydrogen) atoms. The molecule has 0 unspecified atom stereocenters. The number of rotatable bonds is 8. The number of anilines is 1. The van der Waals surface area contributed by atoms with Gasteiger partial charge in [-0.2, -0.15) is 8.78 Å². The summed E-state index contributed by atoms with van der Waals surface area (Å²) in [5.74, 6) is 0.774. The Morgan fingerprint density at radius 2 is 1.75 bits per heavy atom. The highest BCUT2D eigenvalue weighted by Crippen LogP contribution is 2.20. The molecule has 0 saturated heterocycles. The summed E-state index contributed by atoms with van der Waals surface area (Å²) in [7, 11) is 3.99. The smallest absolute Gasteiger partial charge is 0.387 e. The van der Waals surface area contributed by atoms with Gasteiger partial charge in [0.2, 0.25) is 0 Å². The molecule has 2 N–H and O–H groups in total. The number of alkyl halides is 2. The summed E-state index contributed by atoms with van der Waals surface area (Å²) >= 11 is 0. The average molecular weight is 504 g/mol. The number of halogens is 3. The van der Waals surface area contributed by atoms with E-state index in [-0.39, 0.29) is 29.7 Å². The van der Waals surface area contributed by atoms with Crippen LogP contribution in [0.2, 0.25) is 0 Å². The molecule has 0 saturated carbocycles. The molecule has 154 valence electrons. The summed E-state index contributed by atoms with van der Waals surface area (Å²) in [6.45, 7) is 0.655. The maximum atomic E-state index is 12.5. The van der Waals surface area contributed by atoms with Crippen LogP contribution in [-0.4, -0.2) is 33.2 Å². The Morgan fingerprint density at radius 3 is 2.36 bits per heavy atom. The lowest BCUT2D eigenvalue weighted by Crippen LogP contribution is -2.36. The molecular weight excluding hydrogens is 477 g/mol. The summed E-state index contributed by atoms with van der Waals surface area (Å²) in [6, 6.07) is 14.9. The first-order valence-corrected chi connectivity index (χ1v) is 8.80. The molecule has 0 aliphatic carbocycles. The van der Waals surface area contributed by atoms with Gasteiger partial charge in [-0.05, 0) is 30.7 Å². The molecule has 5 nitrogen and oxygen atoms in total. The Bertz CT molecular complexity index is 739. The molecule has 0 aliphatic rings. The predicted molar refractivity (Wildman–Crippen MR) is 121 cm³/mol. The van der Waals surface area contributed by atoms with Crippen molar-refractivity contribution in [2.24, 2.45) is 4.99 Å². The molecule has 0 amide bonds. The predicted octanol–water partition coefficient (Wildman–Crippen LogP) is 4.23. The molecule has 0 atom stereocenters. The van der Waals surface area contributed by atoms with Crippen molar-refractivity contribution in [2.45, 2.75) is 26.6 Å². The SMILES string of the molecule is CCNC(=NCc1ccc(N(C)C)cc1)NCc1ccccc1OC(F)F.I. The highest BCUT2D eigenvalue weighted by Gasteiger charge is 2.09. The van der Waals surface area contributed by atoms with Crippen LogP contribution in [0.4, 0.5) is 14.5 Å². The molecule has 2 aromatic carbocycles. The van der Waals surface area contributed by atoms with Gasteiger partial charge < -0.3 is 20.3 Å². The zero-order valence-electron chi connectivity index (χ0n) is 16.3. The molecule has 0 fully saturated rings. The second-order valence-corrected chi connectivity index (χ2v) is 6.10. The summed E-state index contributed by atoms with van der Waals surface area (Å²) in [6.07, 6.45) is 0. The van der Waals surface area contributed by atoms with E-state index in [4.69, 9.17) is 0 Å². The van der Waals surface area contributed by atoms with E-state index in [2.05, 4.69) is 20.4 Å². The number of hydrogen-bond acceptors (Lipinski definition) is 3. The molecule has 2 rings (SSSR count). The molecule has 0 aromatic heterocycles. The summed E-state index contributed by atoms with van der Waals surface area (Å²) in [5.41, 5.74) is 2.85. The van der Waals surface area contributed by atoms with E-state index in [9.17, 15) is 8.78 Å². The minimum atomic E-state index is -2.85. The summed E-state index contributed by atoms with van der Waals surface area (Å²) in [5, 5.41) is 6.31. The normalized spacial score (nSPS) is 11.0. The van der Waals surface area contributed by atoms with E-state index in [0.29, 0.717) is 31.2 Å². The molecule has 0 aliphatic heterocycles. The molecule has 2 aromatic rings. The van der Waals surface area contributed by atoms with Gasteiger partial charge >= 0.3 is 6.61 Å². The fraction of sp³-hybridized carbons (Fsp3) is 0.350. The van der Waals surface area contributed by atoms with Crippen LogP contribution < -0.4 is 20.3 Å². The molecule has 0 spiro atoms. The number of guanidine groups is 1. The quantitative estimate of drug-likeness (QED) is 0.321. The van der Waals surface area contributed by atoms with Gasteiger partial charge in [0.05, 0.1) is 6.54 Å². The van der Waals surface area contributed by atoms with Crippen molar-refractivity contribution in [3.8, 4) is 5.75 Å². The Labute approximate surface area is 182 Å². The number of ether oxygens (including phenoxy) is 1. The van der Waals surface area contributed by atoms with E-state index in [1.54, 1.807) is 18.2 Å². The Kier molecular flexibility index (Phi) is 10.6. The van der Waals surface area contributed by atoms with Crippen LogP contribution in [0, 0.1) is 0 Å². The highest BCUT2D eigenvalue weighted by molar-refractivity contribution is 14.0. The van der Waals surface area contributed by atoms with Crippen LogP contribution in [0.25, 0.3) is 0 Å². The van der Waals surface area contributed by atoms with Gasteiger partial charge in [-0.3, -0.25) is 0 Å². The standard InChI is InChI=1S/C20H26F2N4O.HI/c1-4-23-20(24-13-15-9-11-17(12-10-15)26(2)3)25-14-16-7-5-6-8-18(16)27-19(21)22;/h5-12,19H,4,13-14H2,1-3H3,(H2,23,24,25);1H. The lowest BCUT2D eigenvalue weighted by Gasteiger charge is -2.15. The topological polar surface area (TPSA) is 48.9 Å². The fourth-order valence-electron chi connectivity index (χ4n) is 2.45. The van der Waals surface area contributed by atoms with E-state index in [1.165, 1.54) is 6.07 Å². The maximum absolute atomic E-state index is 12.5. The second-order valence-electron chi connectivity index (χ2n) is 6.10. The number of nitrogens with one attached hydrogen (secondary N) is 2. The minimum absolute atomic E-state index is 0. The molecule has 0 radical (unpaired) electrons. The number of benzene rings is 2. The Morgan fingerprint density at radius 1 is 1.07 bits per heavy atom. The van der Waals surface area contributed by atoms with Crippen molar-refractivity contribution in [1.29, 1.82) is 0 Å². The first-order valence-electron chi connectivity index (χ1n) is 8.80. The summed E-state index contributed by atoms with van der Waals surface area (Å²) in [4.78, 5) is 6.60. The van der Waals surface area contributed by atoms with Gasteiger partial charge in [-0.1, -0.05) is 30.3 Å². The van der Waals surface area contributed by atoms with Crippen LogP contribution in [0.3, 0.4) is 0 Å². The highest BCUT2D eigenvalue weighted by atomic mass is 127. The van der Waals surface area contributed by atoms with Crippen LogP contribution in [0.1, 0.15) is 18.1 Å².